The summed E-state index contributed by atoms with van der Waals surface area (Å²) in [4.78, 5) is 14.5. The van der Waals surface area contributed by atoms with Crippen molar-refractivity contribution in [1.29, 1.82) is 0 Å². The summed E-state index contributed by atoms with van der Waals surface area (Å²) in [6.07, 6.45) is 2.91. The number of rotatable bonds is 3. The van der Waals surface area contributed by atoms with Crippen molar-refractivity contribution in [2.45, 2.75) is 39.0 Å². The molecule has 0 radical (unpaired) electrons. The first kappa shape index (κ1) is 15.2. The van der Waals surface area contributed by atoms with Gasteiger partial charge in [-0.25, -0.2) is 0 Å². The fourth-order valence-corrected chi connectivity index (χ4v) is 3.73. The number of amides is 1. The largest absolute Gasteiger partial charge is 0.339 e. The third kappa shape index (κ3) is 3.19. The van der Waals surface area contributed by atoms with Gasteiger partial charge in [0.2, 0.25) is 0 Å². The van der Waals surface area contributed by atoms with Crippen molar-refractivity contribution >= 4 is 17.2 Å². The molecular formula is C17H21N3OS. The van der Waals surface area contributed by atoms with Crippen LogP contribution in [-0.2, 0) is 6.42 Å². The molecule has 1 aromatic heterocycles. The zero-order valence-electron chi connectivity index (χ0n) is 13.1. The van der Waals surface area contributed by atoms with E-state index in [-0.39, 0.29) is 5.91 Å². The van der Waals surface area contributed by atoms with Crippen LogP contribution in [0.3, 0.4) is 0 Å². The number of hydrogen-bond donors (Lipinski definition) is 0. The molecule has 4 nitrogen and oxygen atoms in total. The van der Waals surface area contributed by atoms with E-state index >= 15 is 0 Å². The Morgan fingerprint density at radius 3 is 2.50 bits per heavy atom. The van der Waals surface area contributed by atoms with E-state index in [0.29, 0.717) is 5.92 Å². The van der Waals surface area contributed by atoms with E-state index < -0.39 is 0 Å². The number of benzene rings is 1. The first-order valence-corrected chi connectivity index (χ1v) is 8.67. The lowest BCUT2D eigenvalue weighted by Crippen LogP contribution is -2.37. The number of hydrogen-bond acceptors (Lipinski definition) is 4. The average Bonchev–Trinajstić information content (AvgIpc) is 3.04. The Balaban J connectivity index is 1.61. The van der Waals surface area contributed by atoms with Crippen LogP contribution in [0.5, 0.6) is 0 Å². The molecule has 3 rings (SSSR count). The number of aryl methyl sites for hydroxylation is 2. The summed E-state index contributed by atoms with van der Waals surface area (Å²) in [6.45, 7) is 5.75. The van der Waals surface area contributed by atoms with E-state index in [9.17, 15) is 4.79 Å². The summed E-state index contributed by atoms with van der Waals surface area (Å²) in [5.41, 5.74) is 1.96. The summed E-state index contributed by atoms with van der Waals surface area (Å²) >= 11 is 1.72. The number of nitrogens with zero attached hydrogens (tertiary/aromatic N) is 3. The van der Waals surface area contributed by atoms with E-state index in [1.807, 2.05) is 36.1 Å². The quantitative estimate of drug-likeness (QED) is 0.872. The van der Waals surface area contributed by atoms with Crippen LogP contribution < -0.4 is 0 Å². The Bertz CT molecular complexity index is 642. The molecular weight excluding hydrogens is 294 g/mol. The second-order valence-corrected chi connectivity index (χ2v) is 6.91. The Morgan fingerprint density at radius 1 is 1.23 bits per heavy atom. The number of carbonyl (C=O) groups excluding carboxylic acids is 1. The van der Waals surface area contributed by atoms with Crippen molar-refractivity contribution in [3.05, 3.63) is 45.4 Å². The van der Waals surface area contributed by atoms with Gasteiger partial charge in [-0.3, -0.25) is 4.79 Å². The number of likely N-dealkylation sites (tertiary alicyclic amines) is 1. The fraction of sp³-hybridized carbons (Fsp3) is 0.471. The molecule has 0 unspecified atom stereocenters. The van der Waals surface area contributed by atoms with Gasteiger partial charge >= 0.3 is 0 Å². The van der Waals surface area contributed by atoms with Gasteiger partial charge in [-0.1, -0.05) is 24.6 Å². The molecule has 1 aliphatic rings. The van der Waals surface area contributed by atoms with Gasteiger partial charge in [0.05, 0.1) is 0 Å². The molecule has 22 heavy (non-hydrogen) atoms. The van der Waals surface area contributed by atoms with Crippen LogP contribution in [0.4, 0.5) is 0 Å². The average molecular weight is 315 g/mol. The minimum Gasteiger partial charge on any atom is -0.339 e. The van der Waals surface area contributed by atoms with Gasteiger partial charge in [0.15, 0.2) is 0 Å². The molecule has 0 aliphatic carbocycles. The van der Waals surface area contributed by atoms with Crippen molar-refractivity contribution < 1.29 is 4.79 Å². The molecule has 116 valence electrons. The number of aromatic nitrogens is 2. The van der Waals surface area contributed by atoms with Gasteiger partial charge in [-0.05, 0) is 38.3 Å². The van der Waals surface area contributed by atoms with Crippen molar-refractivity contribution in [1.82, 2.24) is 15.1 Å². The van der Waals surface area contributed by atoms with E-state index in [2.05, 4.69) is 17.1 Å². The zero-order valence-corrected chi connectivity index (χ0v) is 13.9. The summed E-state index contributed by atoms with van der Waals surface area (Å²) in [5, 5.41) is 10.8. The first-order valence-electron chi connectivity index (χ1n) is 7.85. The maximum Gasteiger partial charge on any atom is 0.253 e. The van der Waals surface area contributed by atoms with Gasteiger partial charge in [0.1, 0.15) is 10.0 Å². The molecule has 1 fully saturated rings. The first-order chi connectivity index (χ1) is 10.7. The van der Waals surface area contributed by atoms with Crippen molar-refractivity contribution in [2.75, 3.05) is 13.1 Å². The predicted molar refractivity (Wildman–Crippen MR) is 88.3 cm³/mol. The summed E-state index contributed by atoms with van der Waals surface area (Å²) in [7, 11) is 0. The van der Waals surface area contributed by atoms with Crippen molar-refractivity contribution in [3.8, 4) is 0 Å². The predicted octanol–water partition coefficient (Wildman–Crippen LogP) is 3.43. The normalized spacial score (nSPS) is 16.0. The molecule has 0 saturated carbocycles. The van der Waals surface area contributed by atoms with Crippen LogP contribution in [0, 0.1) is 6.92 Å². The number of carbonyl (C=O) groups is 1. The number of piperidine rings is 1. The molecule has 2 heterocycles. The Labute approximate surface area is 135 Å². The summed E-state index contributed by atoms with van der Waals surface area (Å²) < 4.78 is 0. The highest BCUT2D eigenvalue weighted by atomic mass is 32.1. The van der Waals surface area contributed by atoms with Crippen LogP contribution in [0.1, 0.15) is 51.6 Å². The zero-order chi connectivity index (χ0) is 15.5. The minimum absolute atomic E-state index is 0.143. The molecule has 5 heteroatoms. The summed E-state index contributed by atoms with van der Waals surface area (Å²) in [6, 6.07) is 7.82. The monoisotopic (exact) mass is 315 g/mol. The lowest BCUT2D eigenvalue weighted by molar-refractivity contribution is 0.0713. The summed E-state index contributed by atoms with van der Waals surface area (Å²) in [5.74, 6) is 0.602. The van der Waals surface area contributed by atoms with Crippen molar-refractivity contribution in [2.24, 2.45) is 0 Å². The Kier molecular flexibility index (Phi) is 4.52. The topological polar surface area (TPSA) is 46.1 Å². The van der Waals surface area contributed by atoms with Gasteiger partial charge in [0.25, 0.3) is 5.91 Å². The molecule has 0 bridgehead atoms. The third-order valence-electron chi connectivity index (χ3n) is 4.21. The van der Waals surface area contributed by atoms with E-state index in [4.69, 9.17) is 0 Å². The van der Waals surface area contributed by atoms with Crippen LogP contribution >= 0.6 is 11.3 Å². The van der Waals surface area contributed by atoms with E-state index in [0.717, 1.165) is 47.9 Å². The third-order valence-corrected chi connectivity index (χ3v) is 5.44. The Hall–Kier alpha value is -1.75. The lowest BCUT2D eigenvalue weighted by atomic mass is 9.97. The van der Waals surface area contributed by atoms with Crippen LogP contribution in [0.25, 0.3) is 0 Å². The maximum absolute atomic E-state index is 12.5. The highest BCUT2D eigenvalue weighted by Crippen LogP contribution is 2.30. The highest BCUT2D eigenvalue weighted by molar-refractivity contribution is 7.11. The maximum atomic E-state index is 12.5. The molecule has 2 aromatic rings. The molecule has 1 amide bonds. The molecule has 1 aromatic carbocycles. The van der Waals surface area contributed by atoms with E-state index in [1.54, 1.807) is 11.3 Å². The molecule has 1 saturated heterocycles. The van der Waals surface area contributed by atoms with Gasteiger partial charge in [-0.2, -0.15) is 0 Å². The molecule has 0 atom stereocenters. The molecule has 0 N–H and O–H groups in total. The fourth-order valence-electron chi connectivity index (χ4n) is 2.78. The SMILES string of the molecule is CCc1nnc(C2CCN(C(=O)c3ccc(C)cc3)CC2)s1. The van der Waals surface area contributed by atoms with E-state index in [1.165, 1.54) is 5.56 Å². The second kappa shape index (κ2) is 6.57. The van der Waals surface area contributed by atoms with Gasteiger partial charge < -0.3 is 4.90 Å². The van der Waals surface area contributed by atoms with Gasteiger partial charge in [-0.15, -0.1) is 21.5 Å². The lowest BCUT2D eigenvalue weighted by Gasteiger charge is -2.31. The molecule has 1 aliphatic heterocycles. The van der Waals surface area contributed by atoms with Crippen molar-refractivity contribution in [3.63, 3.8) is 0 Å². The standard InChI is InChI=1S/C17H21N3OS/c1-3-15-18-19-16(22-15)13-8-10-20(11-9-13)17(21)14-6-4-12(2)5-7-14/h4-7,13H,3,8-11H2,1-2H3. The molecule has 0 spiro atoms. The minimum atomic E-state index is 0.143. The van der Waals surface area contributed by atoms with Gasteiger partial charge in [0, 0.05) is 24.6 Å². The second-order valence-electron chi connectivity index (χ2n) is 5.82. The van der Waals surface area contributed by atoms with Crippen LogP contribution in [0.15, 0.2) is 24.3 Å². The smallest absolute Gasteiger partial charge is 0.253 e. The van der Waals surface area contributed by atoms with Crippen LogP contribution in [0.2, 0.25) is 0 Å². The Morgan fingerprint density at radius 2 is 1.91 bits per heavy atom. The van der Waals surface area contributed by atoms with Crippen LogP contribution in [-0.4, -0.2) is 34.1 Å². The highest BCUT2D eigenvalue weighted by Gasteiger charge is 2.26.